The molecule has 0 amide bonds. The molecular formula is C14H21N5OS. The van der Waals surface area contributed by atoms with Gasteiger partial charge in [0.25, 0.3) is 0 Å². The highest BCUT2D eigenvalue weighted by Crippen LogP contribution is 2.34. The molecule has 1 aliphatic heterocycles. The molecule has 3 heterocycles. The maximum atomic E-state index is 5.57. The summed E-state index contributed by atoms with van der Waals surface area (Å²) in [5.41, 5.74) is -0.00894. The largest absolute Gasteiger partial charge is 0.425 e. The van der Waals surface area contributed by atoms with Gasteiger partial charge in [-0.2, -0.15) is 0 Å². The van der Waals surface area contributed by atoms with E-state index < -0.39 is 0 Å². The third-order valence-corrected chi connectivity index (χ3v) is 4.59. The van der Waals surface area contributed by atoms with E-state index in [1.54, 1.807) is 11.3 Å². The first kappa shape index (κ1) is 14.6. The number of rotatable bonds is 5. The fourth-order valence-corrected chi connectivity index (χ4v) is 3.81. The second-order valence-electron chi connectivity index (χ2n) is 6.29. The summed E-state index contributed by atoms with van der Waals surface area (Å²) in [6.07, 6.45) is 1.99. The van der Waals surface area contributed by atoms with Crippen LogP contribution in [0.25, 0.3) is 0 Å². The van der Waals surface area contributed by atoms with Gasteiger partial charge in [-0.15, -0.1) is 21.5 Å². The van der Waals surface area contributed by atoms with Gasteiger partial charge in [0.1, 0.15) is 5.01 Å². The van der Waals surface area contributed by atoms with Crippen LogP contribution in [-0.2, 0) is 18.5 Å². The molecule has 0 aliphatic carbocycles. The van der Waals surface area contributed by atoms with Crippen molar-refractivity contribution in [1.29, 1.82) is 0 Å². The number of thiazole rings is 1. The van der Waals surface area contributed by atoms with Crippen molar-refractivity contribution in [3.05, 3.63) is 27.9 Å². The van der Waals surface area contributed by atoms with E-state index in [1.807, 2.05) is 13.1 Å². The molecule has 114 valence electrons. The summed E-state index contributed by atoms with van der Waals surface area (Å²) in [6, 6.07) is 0. The lowest BCUT2D eigenvalue weighted by molar-refractivity contribution is 0.0503. The first-order valence-electron chi connectivity index (χ1n) is 7.06. The predicted octanol–water partition coefficient (Wildman–Crippen LogP) is 1.67. The Labute approximate surface area is 128 Å². The second-order valence-corrected chi connectivity index (χ2v) is 7.49. The standard InChI is InChI=1S/C14H21N5OS/c1-10-16-17-13(20-10)14(2)8-19(9-14)7-12-15-5-11(21-12)6-18(3)4/h5H,6-9H2,1-4H3. The fraction of sp³-hybridized carbons (Fsp3) is 0.643. The van der Waals surface area contributed by atoms with Crippen LogP contribution in [0.4, 0.5) is 0 Å². The van der Waals surface area contributed by atoms with Crippen molar-refractivity contribution in [2.24, 2.45) is 0 Å². The highest BCUT2D eigenvalue weighted by atomic mass is 32.1. The number of likely N-dealkylation sites (tertiary alicyclic amines) is 1. The summed E-state index contributed by atoms with van der Waals surface area (Å²) >= 11 is 1.79. The number of hydrogen-bond acceptors (Lipinski definition) is 7. The van der Waals surface area contributed by atoms with Crippen LogP contribution in [0.3, 0.4) is 0 Å². The number of aryl methyl sites for hydroxylation is 1. The Kier molecular flexibility index (Phi) is 3.81. The van der Waals surface area contributed by atoms with Gasteiger partial charge in [-0.05, 0) is 21.0 Å². The quantitative estimate of drug-likeness (QED) is 0.837. The zero-order valence-corrected chi connectivity index (χ0v) is 13.8. The first-order valence-corrected chi connectivity index (χ1v) is 7.87. The van der Waals surface area contributed by atoms with Crippen LogP contribution in [0.5, 0.6) is 0 Å². The zero-order chi connectivity index (χ0) is 15.0. The van der Waals surface area contributed by atoms with Crippen molar-refractivity contribution in [3.63, 3.8) is 0 Å². The van der Waals surface area contributed by atoms with Gasteiger partial charge >= 0.3 is 0 Å². The third-order valence-electron chi connectivity index (χ3n) is 3.62. The number of hydrogen-bond donors (Lipinski definition) is 0. The Morgan fingerprint density at radius 2 is 2.14 bits per heavy atom. The molecule has 0 unspecified atom stereocenters. The average molecular weight is 307 g/mol. The monoisotopic (exact) mass is 307 g/mol. The van der Waals surface area contributed by atoms with Crippen molar-refractivity contribution in [3.8, 4) is 0 Å². The summed E-state index contributed by atoms with van der Waals surface area (Å²) in [5, 5.41) is 9.26. The van der Waals surface area contributed by atoms with Crippen molar-refractivity contribution < 1.29 is 4.42 Å². The van der Waals surface area contributed by atoms with E-state index in [-0.39, 0.29) is 5.41 Å². The molecule has 0 saturated carbocycles. The molecule has 0 aromatic carbocycles. The Balaban J connectivity index is 1.56. The molecular weight excluding hydrogens is 286 g/mol. The van der Waals surface area contributed by atoms with E-state index in [0.717, 1.165) is 32.1 Å². The van der Waals surface area contributed by atoms with E-state index >= 15 is 0 Å². The van der Waals surface area contributed by atoms with Crippen LogP contribution < -0.4 is 0 Å². The molecule has 1 fully saturated rings. The van der Waals surface area contributed by atoms with Crippen molar-refractivity contribution in [2.75, 3.05) is 27.2 Å². The highest BCUT2D eigenvalue weighted by Gasteiger charge is 2.44. The van der Waals surface area contributed by atoms with Gasteiger partial charge in [-0.1, -0.05) is 0 Å². The number of aromatic nitrogens is 3. The Morgan fingerprint density at radius 1 is 1.38 bits per heavy atom. The van der Waals surface area contributed by atoms with Crippen LogP contribution in [0.2, 0.25) is 0 Å². The topological polar surface area (TPSA) is 58.3 Å². The minimum atomic E-state index is -0.00894. The summed E-state index contributed by atoms with van der Waals surface area (Å²) in [4.78, 5) is 10.4. The van der Waals surface area contributed by atoms with Crippen molar-refractivity contribution in [1.82, 2.24) is 25.0 Å². The van der Waals surface area contributed by atoms with E-state index in [0.29, 0.717) is 5.89 Å². The molecule has 7 heteroatoms. The molecule has 0 bridgehead atoms. The predicted molar refractivity (Wildman–Crippen MR) is 81.2 cm³/mol. The molecule has 0 N–H and O–H groups in total. The molecule has 0 radical (unpaired) electrons. The van der Waals surface area contributed by atoms with Gasteiger partial charge in [-0.3, -0.25) is 4.90 Å². The summed E-state index contributed by atoms with van der Waals surface area (Å²) in [5.74, 6) is 1.39. The lowest BCUT2D eigenvalue weighted by Crippen LogP contribution is -2.57. The SMILES string of the molecule is Cc1nnc(C2(C)CN(Cc3ncc(CN(C)C)s3)C2)o1. The van der Waals surface area contributed by atoms with E-state index in [1.165, 1.54) is 9.88 Å². The average Bonchev–Trinajstić information content (AvgIpc) is 2.96. The molecule has 0 atom stereocenters. The van der Waals surface area contributed by atoms with Crippen LogP contribution in [0.15, 0.2) is 10.6 Å². The summed E-state index contributed by atoms with van der Waals surface area (Å²) in [7, 11) is 4.15. The maximum Gasteiger partial charge on any atom is 0.224 e. The van der Waals surface area contributed by atoms with Gasteiger partial charge in [0.2, 0.25) is 11.8 Å². The van der Waals surface area contributed by atoms with Gasteiger partial charge in [0, 0.05) is 37.6 Å². The fourth-order valence-electron chi connectivity index (χ4n) is 2.73. The molecule has 21 heavy (non-hydrogen) atoms. The molecule has 2 aromatic heterocycles. The molecule has 6 nitrogen and oxygen atoms in total. The highest BCUT2D eigenvalue weighted by molar-refractivity contribution is 7.11. The zero-order valence-electron chi connectivity index (χ0n) is 13.0. The summed E-state index contributed by atoms with van der Waals surface area (Å²) in [6.45, 7) is 7.75. The minimum absolute atomic E-state index is 0.00894. The normalized spacial score (nSPS) is 18.1. The van der Waals surface area contributed by atoms with Crippen LogP contribution in [0.1, 0.15) is 28.6 Å². The van der Waals surface area contributed by atoms with Crippen LogP contribution in [0, 0.1) is 6.92 Å². The Hall–Kier alpha value is -1.31. The van der Waals surface area contributed by atoms with Gasteiger partial charge in [0.15, 0.2) is 0 Å². The summed E-state index contributed by atoms with van der Waals surface area (Å²) < 4.78 is 5.57. The minimum Gasteiger partial charge on any atom is -0.425 e. The lowest BCUT2D eigenvalue weighted by atomic mass is 9.82. The smallest absolute Gasteiger partial charge is 0.224 e. The van der Waals surface area contributed by atoms with Crippen molar-refractivity contribution >= 4 is 11.3 Å². The maximum absolute atomic E-state index is 5.57. The van der Waals surface area contributed by atoms with Gasteiger partial charge in [0.05, 0.1) is 12.0 Å². The number of nitrogens with zero attached hydrogens (tertiary/aromatic N) is 5. The van der Waals surface area contributed by atoms with Crippen LogP contribution >= 0.6 is 11.3 Å². The molecule has 2 aromatic rings. The van der Waals surface area contributed by atoms with E-state index in [9.17, 15) is 0 Å². The molecule has 1 aliphatic rings. The Bertz CT molecular complexity index is 614. The molecule has 1 saturated heterocycles. The van der Waals surface area contributed by atoms with Gasteiger partial charge < -0.3 is 9.32 Å². The lowest BCUT2D eigenvalue weighted by Gasteiger charge is -2.45. The van der Waals surface area contributed by atoms with Crippen molar-refractivity contribution in [2.45, 2.75) is 32.4 Å². The van der Waals surface area contributed by atoms with Crippen LogP contribution in [-0.4, -0.2) is 52.2 Å². The molecule has 3 rings (SSSR count). The van der Waals surface area contributed by atoms with Gasteiger partial charge in [-0.25, -0.2) is 4.98 Å². The van der Waals surface area contributed by atoms with E-state index in [4.69, 9.17) is 4.42 Å². The second kappa shape index (κ2) is 5.47. The Morgan fingerprint density at radius 3 is 2.76 bits per heavy atom. The third kappa shape index (κ3) is 3.14. The van der Waals surface area contributed by atoms with E-state index in [2.05, 4.69) is 46.0 Å². The molecule has 0 spiro atoms. The first-order chi connectivity index (χ1) is 9.94.